The van der Waals surface area contributed by atoms with Crippen molar-refractivity contribution in [3.05, 3.63) is 35.4 Å². The minimum Gasteiger partial charge on any atom is -0.394 e. The standard InChI is InChI=1S/C15H22N2O2/c1-11-4-6-13(7-5-11)9-17-12(2)8-16(3)15(19)14(17)10-18/h4-7,12,14,18H,8-10H2,1-3H3. The number of amides is 1. The van der Waals surface area contributed by atoms with E-state index in [9.17, 15) is 9.90 Å². The maximum absolute atomic E-state index is 12.1. The van der Waals surface area contributed by atoms with Crippen molar-refractivity contribution in [2.24, 2.45) is 0 Å². The van der Waals surface area contributed by atoms with E-state index in [2.05, 4.69) is 43.0 Å². The normalized spacial score (nSPS) is 24.8. The van der Waals surface area contributed by atoms with Crippen molar-refractivity contribution < 1.29 is 9.90 Å². The highest BCUT2D eigenvalue weighted by Crippen LogP contribution is 2.19. The zero-order valence-corrected chi connectivity index (χ0v) is 11.8. The van der Waals surface area contributed by atoms with Gasteiger partial charge in [0.25, 0.3) is 0 Å². The molecule has 1 aliphatic rings. The molecule has 1 fully saturated rings. The van der Waals surface area contributed by atoms with Gasteiger partial charge in [-0.1, -0.05) is 29.8 Å². The first-order valence-electron chi connectivity index (χ1n) is 6.70. The van der Waals surface area contributed by atoms with E-state index in [1.807, 2.05) is 0 Å². The fraction of sp³-hybridized carbons (Fsp3) is 0.533. The molecule has 0 bridgehead atoms. The number of rotatable bonds is 3. The molecular weight excluding hydrogens is 240 g/mol. The number of carbonyl (C=O) groups excluding carboxylic acids is 1. The van der Waals surface area contributed by atoms with Crippen molar-refractivity contribution in [2.75, 3.05) is 20.2 Å². The molecule has 0 aromatic heterocycles. The molecule has 1 aromatic rings. The second kappa shape index (κ2) is 5.72. The number of aryl methyl sites for hydroxylation is 1. The van der Waals surface area contributed by atoms with Gasteiger partial charge in [-0.25, -0.2) is 0 Å². The second-order valence-corrected chi connectivity index (χ2v) is 5.42. The van der Waals surface area contributed by atoms with Gasteiger partial charge < -0.3 is 10.0 Å². The van der Waals surface area contributed by atoms with Crippen molar-refractivity contribution in [3.8, 4) is 0 Å². The van der Waals surface area contributed by atoms with Gasteiger partial charge >= 0.3 is 0 Å². The Balaban J connectivity index is 2.16. The minimum absolute atomic E-state index is 0.00714. The van der Waals surface area contributed by atoms with E-state index in [1.165, 1.54) is 11.1 Å². The van der Waals surface area contributed by atoms with Gasteiger partial charge in [-0.2, -0.15) is 0 Å². The Kier molecular flexibility index (Phi) is 4.22. The van der Waals surface area contributed by atoms with Gasteiger partial charge in [0.15, 0.2) is 0 Å². The van der Waals surface area contributed by atoms with E-state index in [-0.39, 0.29) is 18.6 Å². The first-order valence-corrected chi connectivity index (χ1v) is 6.70. The maximum Gasteiger partial charge on any atom is 0.242 e. The molecule has 1 N–H and O–H groups in total. The number of nitrogens with zero attached hydrogens (tertiary/aromatic N) is 2. The SMILES string of the molecule is Cc1ccc(CN2C(C)CN(C)C(=O)C2CO)cc1. The summed E-state index contributed by atoms with van der Waals surface area (Å²) in [6.45, 7) is 5.44. The minimum atomic E-state index is -0.421. The van der Waals surface area contributed by atoms with Gasteiger partial charge in [0.1, 0.15) is 6.04 Å². The van der Waals surface area contributed by atoms with Gasteiger partial charge in [-0.3, -0.25) is 9.69 Å². The topological polar surface area (TPSA) is 43.8 Å². The molecule has 104 valence electrons. The Bertz CT molecular complexity index is 444. The van der Waals surface area contributed by atoms with Crippen LogP contribution in [0.3, 0.4) is 0 Å². The molecule has 0 saturated carbocycles. The zero-order valence-electron chi connectivity index (χ0n) is 11.8. The Hall–Kier alpha value is -1.39. The fourth-order valence-electron chi connectivity index (χ4n) is 2.65. The lowest BCUT2D eigenvalue weighted by Gasteiger charge is -2.43. The van der Waals surface area contributed by atoms with Gasteiger partial charge in [0.2, 0.25) is 5.91 Å². The van der Waals surface area contributed by atoms with Crippen LogP contribution in [-0.2, 0) is 11.3 Å². The maximum atomic E-state index is 12.1. The zero-order chi connectivity index (χ0) is 14.0. The highest BCUT2D eigenvalue weighted by atomic mass is 16.3. The van der Waals surface area contributed by atoms with Crippen LogP contribution in [0.4, 0.5) is 0 Å². The summed E-state index contributed by atoms with van der Waals surface area (Å²) in [4.78, 5) is 15.9. The van der Waals surface area contributed by atoms with Gasteiger partial charge in [-0.05, 0) is 19.4 Å². The van der Waals surface area contributed by atoms with Crippen molar-refractivity contribution in [1.29, 1.82) is 0 Å². The average Bonchev–Trinajstić information content (AvgIpc) is 2.39. The van der Waals surface area contributed by atoms with Crippen molar-refractivity contribution in [3.63, 3.8) is 0 Å². The number of likely N-dealkylation sites (N-methyl/N-ethyl adjacent to an activating group) is 1. The number of benzene rings is 1. The van der Waals surface area contributed by atoms with Crippen LogP contribution in [-0.4, -0.2) is 53.1 Å². The predicted octanol–water partition coefficient (Wildman–Crippen LogP) is 1.02. The van der Waals surface area contributed by atoms with Crippen molar-refractivity contribution in [1.82, 2.24) is 9.80 Å². The lowest BCUT2D eigenvalue weighted by molar-refractivity contribution is -0.145. The monoisotopic (exact) mass is 262 g/mol. The van der Waals surface area contributed by atoms with Crippen LogP contribution in [0.15, 0.2) is 24.3 Å². The third-order valence-corrected chi connectivity index (χ3v) is 3.82. The largest absolute Gasteiger partial charge is 0.394 e. The second-order valence-electron chi connectivity index (χ2n) is 5.42. The molecule has 1 saturated heterocycles. The van der Waals surface area contributed by atoms with Crippen LogP contribution in [0, 0.1) is 6.92 Å². The molecule has 0 radical (unpaired) electrons. The molecule has 4 nitrogen and oxygen atoms in total. The van der Waals surface area contributed by atoms with Crippen LogP contribution in [0.25, 0.3) is 0 Å². The Morgan fingerprint density at radius 2 is 1.95 bits per heavy atom. The van der Waals surface area contributed by atoms with E-state index in [4.69, 9.17) is 0 Å². The summed E-state index contributed by atoms with van der Waals surface area (Å²) in [5, 5.41) is 9.50. The molecule has 4 heteroatoms. The Morgan fingerprint density at radius 1 is 1.32 bits per heavy atom. The smallest absolute Gasteiger partial charge is 0.242 e. The predicted molar refractivity (Wildman–Crippen MR) is 74.7 cm³/mol. The number of aliphatic hydroxyl groups is 1. The highest BCUT2D eigenvalue weighted by molar-refractivity contribution is 5.82. The number of hydrogen-bond donors (Lipinski definition) is 1. The molecule has 0 aliphatic carbocycles. The van der Waals surface area contributed by atoms with Gasteiger partial charge in [0, 0.05) is 26.2 Å². The van der Waals surface area contributed by atoms with Gasteiger partial charge in [-0.15, -0.1) is 0 Å². The molecule has 1 amide bonds. The summed E-state index contributed by atoms with van der Waals surface area (Å²) < 4.78 is 0. The first-order chi connectivity index (χ1) is 9.02. The van der Waals surface area contributed by atoms with E-state index >= 15 is 0 Å². The lowest BCUT2D eigenvalue weighted by atomic mass is 10.0. The highest BCUT2D eigenvalue weighted by Gasteiger charge is 2.36. The summed E-state index contributed by atoms with van der Waals surface area (Å²) in [7, 11) is 1.80. The average molecular weight is 262 g/mol. The summed E-state index contributed by atoms with van der Waals surface area (Å²) in [5.74, 6) is 0.00714. The molecule has 1 heterocycles. The fourth-order valence-corrected chi connectivity index (χ4v) is 2.65. The third-order valence-electron chi connectivity index (χ3n) is 3.82. The molecule has 1 aliphatic heterocycles. The molecular formula is C15H22N2O2. The van der Waals surface area contributed by atoms with E-state index in [0.717, 1.165) is 0 Å². The summed E-state index contributed by atoms with van der Waals surface area (Å²) in [6.07, 6.45) is 0. The van der Waals surface area contributed by atoms with Gasteiger partial charge in [0.05, 0.1) is 6.61 Å². The van der Waals surface area contributed by atoms with Crippen molar-refractivity contribution in [2.45, 2.75) is 32.5 Å². The molecule has 2 atom stereocenters. The first kappa shape index (κ1) is 14.0. The molecule has 1 aromatic carbocycles. The van der Waals surface area contributed by atoms with Crippen LogP contribution in [0.2, 0.25) is 0 Å². The number of carbonyl (C=O) groups is 1. The molecule has 19 heavy (non-hydrogen) atoms. The van der Waals surface area contributed by atoms with Crippen LogP contribution < -0.4 is 0 Å². The van der Waals surface area contributed by atoms with E-state index < -0.39 is 6.04 Å². The Morgan fingerprint density at radius 3 is 2.53 bits per heavy atom. The molecule has 2 rings (SSSR count). The van der Waals surface area contributed by atoms with Crippen LogP contribution >= 0.6 is 0 Å². The van der Waals surface area contributed by atoms with Crippen LogP contribution in [0.1, 0.15) is 18.1 Å². The third kappa shape index (κ3) is 2.96. The van der Waals surface area contributed by atoms with E-state index in [0.29, 0.717) is 13.1 Å². The number of piperazine rings is 1. The quantitative estimate of drug-likeness (QED) is 0.884. The lowest BCUT2D eigenvalue weighted by Crippen LogP contribution is -2.60. The van der Waals surface area contributed by atoms with Crippen LogP contribution in [0.5, 0.6) is 0 Å². The summed E-state index contributed by atoms with van der Waals surface area (Å²) >= 11 is 0. The summed E-state index contributed by atoms with van der Waals surface area (Å²) in [6, 6.07) is 8.15. The summed E-state index contributed by atoms with van der Waals surface area (Å²) in [5.41, 5.74) is 2.40. The number of hydrogen-bond acceptors (Lipinski definition) is 3. The van der Waals surface area contributed by atoms with Crippen molar-refractivity contribution >= 4 is 5.91 Å². The molecule has 0 spiro atoms. The Labute approximate surface area is 114 Å². The number of aliphatic hydroxyl groups excluding tert-OH is 1. The molecule has 2 unspecified atom stereocenters. The van der Waals surface area contributed by atoms with E-state index in [1.54, 1.807) is 11.9 Å².